The van der Waals surface area contributed by atoms with E-state index in [1.807, 2.05) is 0 Å². The first-order valence-corrected chi connectivity index (χ1v) is 8.54. The zero-order valence-corrected chi connectivity index (χ0v) is 13.8. The number of unbranched alkanes of at least 4 members (excludes halogenated alkanes) is 1. The van der Waals surface area contributed by atoms with Gasteiger partial charge in [0.15, 0.2) is 0 Å². The minimum Gasteiger partial charge on any atom is -0.382 e. The first-order chi connectivity index (χ1) is 9.74. The second-order valence-electron chi connectivity index (χ2n) is 6.48. The minimum atomic E-state index is 0.706. The largest absolute Gasteiger partial charge is 0.382 e. The third kappa shape index (κ3) is 8.23. The van der Waals surface area contributed by atoms with Gasteiger partial charge in [-0.15, -0.1) is 0 Å². The van der Waals surface area contributed by atoms with Crippen LogP contribution in [0.4, 0.5) is 0 Å². The summed E-state index contributed by atoms with van der Waals surface area (Å²) in [6, 6.07) is 0.758. The molecule has 1 aliphatic carbocycles. The summed E-state index contributed by atoms with van der Waals surface area (Å²) in [7, 11) is 1.71. The monoisotopic (exact) mass is 285 g/mol. The molecule has 1 N–H and O–H groups in total. The Morgan fingerprint density at radius 2 is 1.85 bits per heavy atom. The molecule has 0 radical (unpaired) electrons. The number of hydrogen-bond donors (Lipinski definition) is 1. The second-order valence-corrected chi connectivity index (χ2v) is 6.48. The molecular formula is C17H35NO2. The maximum atomic E-state index is 5.47. The Kier molecular flexibility index (Phi) is 10.3. The molecule has 0 spiro atoms. The molecule has 3 nitrogen and oxygen atoms in total. The average molecular weight is 285 g/mol. The Hall–Kier alpha value is -0.120. The lowest BCUT2D eigenvalue weighted by molar-refractivity contribution is 0.0687. The van der Waals surface area contributed by atoms with Crippen LogP contribution in [0.15, 0.2) is 0 Å². The molecular weight excluding hydrogens is 250 g/mol. The molecule has 20 heavy (non-hydrogen) atoms. The quantitative estimate of drug-likeness (QED) is 0.491. The van der Waals surface area contributed by atoms with E-state index in [1.54, 1.807) is 7.11 Å². The summed E-state index contributed by atoms with van der Waals surface area (Å²) in [6.45, 7) is 8.19. The third-order valence-electron chi connectivity index (χ3n) is 4.54. The van der Waals surface area contributed by atoms with Crippen molar-refractivity contribution >= 4 is 0 Å². The van der Waals surface area contributed by atoms with Crippen LogP contribution in [0, 0.1) is 11.8 Å². The van der Waals surface area contributed by atoms with Gasteiger partial charge in [-0.3, -0.25) is 0 Å². The smallest absolute Gasteiger partial charge is 0.0700 e. The summed E-state index contributed by atoms with van der Waals surface area (Å²) in [5.41, 5.74) is 0. The Morgan fingerprint density at radius 1 is 1.00 bits per heavy atom. The lowest BCUT2D eigenvalue weighted by Gasteiger charge is -2.19. The molecule has 2 atom stereocenters. The first kappa shape index (κ1) is 17.9. The molecule has 0 amide bonds. The van der Waals surface area contributed by atoms with E-state index in [0.717, 1.165) is 44.1 Å². The van der Waals surface area contributed by atoms with E-state index in [-0.39, 0.29) is 0 Å². The summed E-state index contributed by atoms with van der Waals surface area (Å²) >= 11 is 0. The summed E-state index contributed by atoms with van der Waals surface area (Å²) in [5.74, 6) is 1.81. The standard InChI is InChI=1S/C17H35NO2/c1-15(2)16-7-6-8-17(10-9-16)18-11-4-5-12-20-14-13-19-3/h15-18H,4-14H2,1-3H3. The topological polar surface area (TPSA) is 30.5 Å². The molecule has 0 aromatic heterocycles. The van der Waals surface area contributed by atoms with Gasteiger partial charge in [0.25, 0.3) is 0 Å². The van der Waals surface area contributed by atoms with Gasteiger partial charge in [0.2, 0.25) is 0 Å². The highest BCUT2D eigenvalue weighted by molar-refractivity contribution is 4.76. The molecule has 0 saturated heterocycles. The van der Waals surface area contributed by atoms with Crippen molar-refractivity contribution in [1.29, 1.82) is 0 Å². The van der Waals surface area contributed by atoms with Crippen LogP contribution >= 0.6 is 0 Å². The Balaban J connectivity index is 1.96. The van der Waals surface area contributed by atoms with E-state index in [2.05, 4.69) is 19.2 Å². The van der Waals surface area contributed by atoms with Crippen molar-refractivity contribution in [3.05, 3.63) is 0 Å². The zero-order chi connectivity index (χ0) is 14.6. The number of hydrogen-bond acceptors (Lipinski definition) is 3. The fourth-order valence-electron chi connectivity index (χ4n) is 3.08. The maximum Gasteiger partial charge on any atom is 0.0700 e. The van der Waals surface area contributed by atoms with Gasteiger partial charge in [-0.2, -0.15) is 0 Å². The first-order valence-electron chi connectivity index (χ1n) is 8.54. The van der Waals surface area contributed by atoms with E-state index < -0.39 is 0 Å². The average Bonchev–Trinajstić information content (AvgIpc) is 2.67. The van der Waals surface area contributed by atoms with Crippen LogP contribution in [0.25, 0.3) is 0 Å². The van der Waals surface area contributed by atoms with E-state index >= 15 is 0 Å². The third-order valence-corrected chi connectivity index (χ3v) is 4.54. The van der Waals surface area contributed by atoms with Crippen molar-refractivity contribution in [2.75, 3.05) is 33.5 Å². The Morgan fingerprint density at radius 3 is 2.60 bits per heavy atom. The zero-order valence-electron chi connectivity index (χ0n) is 13.8. The molecule has 3 heteroatoms. The molecule has 1 fully saturated rings. The van der Waals surface area contributed by atoms with Crippen molar-refractivity contribution < 1.29 is 9.47 Å². The van der Waals surface area contributed by atoms with Crippen LogP contribution in [0.5, 0.6) is 0 Å². The lowest BCUT2D eigenvalue weighted by Crippen LogP contribution is -2.29. The molecule has 0 aromatic rings. The maximum absolute atomic E-state index is 5.47. The van der Waals surface area contributed by atoms with Gasteiger partial charge in [0.05, 0.1) is 13.2 Å². The van der Waals surface area contributed by atoms with Crippen LogP contribution in [0.2, 0.25) is 0 Å². The fraction of sp³-hybridized carbons (Fsp3) is 1.00. The van der Waals surface area contributed by atoms with Crippen molar-refractivity contribution in [3.8, 4) is 0 Å². The molecule has 0 heterocycles. The van der Waals surface area contributed by atoms with E-state index in [0.29, 0.717) is 6.61 Å². The highest BCUT2D eigenvalue weighted by Crippen LogP contribution is 2.28. The highest BCUT2D eigenvalue weighted by Gasteiger charge is 2.20. The summed E-state index contributed by atoms with van der Waals surface area (Å²) in [5, 5.41) is 3.74. The molecule has 0 aliphatic heterocycles. The van der Waals surface area contributed by atoms with Crippen molar-refractivity contribution in [2.45, 2.75) is 64.8 Å². The molecule has 1 rings (SSSR count). The van der Waals surface area contributed by atoms with Gasteiger partial charge in [0.1, 0.15) is 0 Å². The molecule has 1 aliphatic rings. The van der Waals surface area contributed by atoms with E-state index in [9.17, 15) is 0 Å². The lowest BCUT2D eigenvalue weighted by atomic mass is 9.89. The van der Waals surface area contributed by atoms with Gasteiger partial charge in [-0.25, -0.2) is 0 Å². The Bertz CT molecular complexity index is 221. The number of methoxy groups -OCH3 is 1. The van der Waals surface area contributed by atoms with Gasteiger partial charge < -0.3 is 14.8 Å². The van der Waals surface area contributed by atoms with Crippen LogP contribution in [0.1, 0.15) is 58.8 Å². The van der Waals surface area contributed by atoms with Crippen molar-refractivity contribution in [2.24, 2.45) is 11.8 Å². The normalized spacial score (nSPS) is 24.0. The van der Waals surface area contributed by atoms with Gasteiger partial charge in [-0.05, 0) is 50.5 Å². The highest BCUT2D eigenvalue weighted by atomic mass is 16.5. The van der Waals surface area contributed by atoms with Crippen LogP contribution in [-0.4, -0.2) is 39.5 Å². The van der Waals surface area contributed by atoms with Gasteiger partial charge in [0, 0.05) is 19.8 Å². The molecule has 0 aromatic carbocycles. The van der Waals surface area contributed by atoms with Gasteiger partial charge >= 0.3 is 0 Å². The van der Waals surface area contributed by atoms with Crippen LogP contribution < -0.4 is 5.32 Å². The molecule has 2 unspecified atom stereocenters. The minimum absolute atomic E-state index is 0.706. The summed E-state index contributed by atoms with van der Waals surface area (Å²) < 4.78 is 10.4. The molecule has 0 bridgehead atoms. The van der Waals surface area contributed by atoms with Crippen LogP contribution in [-0.2, 0) is 9.47 Å². The number of rotatable bonds is 10. The molecule has 1 saturated carbocycles. The predicted octanol–water partition coefficient (Wildman–Crippen LogP) is 3.62. The van der Waals surface area contributed by atoms with Crippen molar-refractivity contribution in [1.82, 2.24) is 5.32 Å². The summed E-state index contributed by atoms with van der Waals surface area (Å²) in [4.78, 5) is 0. The van der Waals surface area contributed by atoms with Crippen LogP contribution in [0.3, 0.4) is 0 Å². The Labute approximate surface area is 125 Å². The fourth-order valence-corrected chi connectivity index (χ4v) is 3.08. The van der Waals surface area contributed by atoms with E-state index in [4.69, 9.17) is 9.47 Å². The number of ether oxygens (including phenoxy) is 2. The SMILES string of the molecule is COCCOCCCCNC1CCCC(C(C)C)CC1. The number of nitrogens with one attached hydrogen (secondary N) is 1. The molecule has 120 valence electrons. The van der Waals surface area contributed by atoms with Crippen molar-refractivity contribution in [3.63, 3.8) is 0 Å². The van der Waals surface area contributed by atoms with E-state index in [1.165, 1.54) is 38.5 Å². The second kappa shape index (κ2) is 11.5. The summed E-state index contributed by atoms with van der Waals surface area (Å²) in [6.07, 6.45) is 9.36. The predicted molar refractivity (Wildman–Crippen MR) is 85.1 cm³/mol. The van der Waals surface area contributed by atoms with Gasteiger partial charge in [-0.1, -0.05) is 26.7 Å².